The predicted octanol–water partition coefficient (Wildman–Crippen LogP) is 5.12. The van der Waals surface area contributed by atoms with E-state index in [4.69, 9.17) is 16.3 Å². The van der Waals surface area contributed by atoms with Gasteiger partial charge in [-0.25, -0.2) is 21.3 Å². The first-order chi connectivity index (χ1) is 17.9. The summed E-state index contributed by atoms with van der Waals surface area (Å²) in [5.41, 5.74) is 0.421. The van der Waals surface area contributed by atoms with Crippen LogP contribution in [0.2, 0.25) is 0 Å². The minimum Gasteiger partial charge on any atom is -0.444 e. The Bertz CT molecular complexity index is 1230. The average Bonchev–Trinajstić information content (AvgIpc) is 2.86. The van der Waals surface area contributed by atoms with Gasteiger partial charge in [-0.1, -0.05) is 23.9 Å². The maximum Gasteiger partial charge on any atom is 0.418 e. The Morgan fingerprint density at radius 2 is 1.89 bits per heavy atom. The summed E-state index contributed by atoms with van der Waals surface area (Å²) in [4.78, 5) is 31.2. The number of anilines is 2. The molecule has 0 saturated carbocycles. The second kappa shape index (κ2) is 10.9. The lowest BCUT2D eigenvalue weighted by Gasteiger charge is -2.41. The minimum atomic E-state index is -4.45. The molecule has 1 aromatic heterocycles. The zero-order valence-electron chi connectivity index (χ0n) is 21.9. The second-order valence-electron chi connectivity index (χ2n) is 10.3. The molecule has 1 amide bonds. The number of carbonyl (C=O) groups is 1. The summed E-state index contributed by atoms with van der Waals surface area (Å²) < 4.78 is 46.6. The Balaban J connectivity index is 1.62. The Kier molecular flexibility index (Phi) is 7.97. The van der Waals surface area contributed by atoms with Gasteiger partial charge in [-0.2, -0.15) is 13.2 Å². The van der Waals surface area contributed by atoms with Crippen LogP contribution >= 0.6 is 11.8 Å². The molecule has 0 radical (unpaired) electrons. The van der Waals surface area contributed by atoms with Crippen LogP contribution in [0.1, 0.15) is 37.6 Å². The highest BCUT2D eigenvalue weighted by atomic mass is 32.2. The molecular formula is C26H31F3N6O2S. The number of hydrogen-bond acceptors (Lipinski definition) is 7. The molecule has 2 aliphatic rings. The van der Waals surface area contributed by atoms with Crippen LogP contribution in [-0.4, -0.2) is 71.6 Å². The van der Waals surface area contributed by atoms with Gasteiger partial charge in [0.25, 0.3) is 0 Å². The molecule has 8 nitrogen and oxygen atoms in total. The number of nitrogens with zero attached hydrogens (tertiary/aromatic N) is 6. The van der Waals surface area contributed by atoms with Crippen molar-refractivity contribution in [2.75, 3.05) is 48.8 Å². The maximum atomic E-state index is 13.7. The summed E-state index contributed by atoms with van der Waals surface area (Å²) in [6.07, 6.45) is -2.57. The third-order valence-electron chi connectivity index (χ3n) is 6.47. The zero-order valence-corrected chi connectivity index (χ0v) is 22.7. The van der Waals surface area contributed by atoms with Crippen molar-refractivity contribution in [2.45, 2.75) is 56.7 Å². The average molecular weight is 549 g/mol. The Morgan fingerprint density at radius 3 is 2.55 bits per heavy atom. The number of halogens is 3. The molecule has 2 aliphatic heterocycles. The highest BCUT2D eigenvalue weighted by Gasteiger charge is 2.38. The Labute approximate surface area is 225 Å². The van der Waals surface area contributed by atoms with E-state index < -0.39 is 23.4 Å². The highest BCUT2D eigenvalue weighted by molar-refractivity contribution is 7.98. The van der Waals surface area contributed by atoms with Crippen LogP contribution in [0.3, 0.4) is 0 Å². The van der Waals surface area contributed by atoms with Gasteiger partial charge in [0.05, 0.1) is 17.8 Å². The van der Waals surface area contributed by atoms with E-state index in [9.17, 15) is 18.0 Å². The predicted molar refractivity (Wildman–Crippen MR) is 140 cm³/mol. The number of amides is 1. The van der Waals surface area contributed by atoms with Crippen LogP contribution < -0.4 is 9.80 Å². The third-order valence-corrected chi connectivity index (χ3v) is 7.02. The summed E-state index contributed by atoms with van der Waals surface area (Å²) in [6.45, 7) is 14.8. The van der Waals surface area contributed by atoms with Gasteiger partial charge in [0.1, 0.15) is 17.5 Å². The van der Waals surface area contributed by atoms with Crippen molar-refractivity contribution in [1.29, 1.82) is 0 Å². The third kappa shape index (κ3) is 6.09. The number of rotatable bonds is 4. The Morgan fingerprint density at radius 1 is 1.16 bits per heavy atom. The number of benzene rings is 1. The number of hydrogen-bond donors (Lipinski definition) is 0. The molecule has 3 heterocycles. The number of ether oxygens (including phenoxy) is 1. The van der Waals surface area contributed by atoms with Crippen molar-refractivity contribution in [3.05, 3.63) is 52.5 Å². The molecule has 2 aromatic rings. The maximum absolute atomic E-state index is 13.7. The van der Waals surface area contributed by atoms with Gasteiger partial charge in [0, 0.05) is 37.4 Å². The van der Waals surface area contributed by atoms with E-state index in [0.29, 0.717) is 43.5 Å². The topological polar surface area (TPSA) is 66.2 Å². The van der Waals surface area contributed by atoms with Crippen LogP contribution in [0.25, 0.3) is 4.85 Å². The van der Waals surface area contributed by atoms with E-state index in [1.807, 2.05) is 6.26 Å². The fourth-order valence-electron chi connectivity index (χ4n) is 4.81. The minimum absolute atomic E-state index is 0.125. The normalized spacial score (nSPS) is 18.2. The largest absolute Gasteiger partial charge is 0.444 e. The lowest BCUT2D eigenvalue weighted by molar-refractivity contribution is -0.137. The summed E-state index contributed by atoms with van der Waals surface area (Å²) in [5, 5.41) is 0.529. The van der Waals surface area contributed by atoms with Crippen molar-refractivity contribution in [3.8, 4) is 0 Å². The molecule has 1 atom stereocenters. The molecule has 1 aromatic carbocycles. The van der Waals surface area contributed by atoms with Crippen molar-refractivity contribution in [1.82, 2.24) is 14.9 Å². The molecule has 38 heavy (non-hydrogen) atoms. The number of para-hydroxylation sites is 1. The van der Waals surface area contributed by atoms with E-state index in [2.05, 4.69) is 14.7 Å². The van der Waals surface area contributed by atoms with Crippen molar-refractivity contribution in [2.24, 2.45) is 0 Å². The molecule has 0 spiro atoms. The molecule has 4 rings (SSSR count). The van der Waals surface area contributed by atoms with Crippen LogP contribution in [-0.2, 0) is 23.9 Å². The van der Waals surface area contributed by atoms with Crippen LogP contribution in [0.15, 0.2) is 29.4 Å². The summed E-state index contributed by atoms with van der Waals surface area (Å²) in [7, 11) is 0. The molecule has 0 aliphatic carbocycles. The highest BCUT2D eigenvalue weighted by Crippen LogP contribution is 2.39. The summed E-state index contributed by atoms with van der Waals surface area (Å²) >= 11 is 1.37. The fourth-order valence-corrected chi connectivity index (χ4v) is 5.19. The van der Waals surface area contributed by atoms with Gasteiger partial charge in [-0.05, 0) is 45.6 Å². The van der Waals surface area contributed by atoms with Gasteiger partial charge in [-0.3, -0.25) is 4.90 Å². The fraction of sp³-hybridized carbons (Fsp3) is 0.538. The van der Waals surface area contributed by atoms with E-state index in [1.54, 1.807) is 36.6 Å². The second-order valence-corrected chi connectivity index (χ2v) is 11.0. The molecule has 0 bridgehead atoms. The van der Waals surface area contributed by atoms with Crippen LogP contribution in [0.5, 0.6) is 0 Å². The first-order valence-electron chi connectivity index (χ1n) is 12.3. The van der Waals surface area contributed by atoms with Gasteiger partial charge in [-0.15, -0.1) is 0 Å². The number of aromatic nitrogens is 2. The van der Waals surface area contributed by atoms with E-state index in [0.717, 1.165) is 17.4 Å². The Hall–Kier alpha value is -3.20. The number of carbonyl (C=O) groups excluding carboxylic acids is 1. The molecular weight excluding hydrogens is 517 g/mol. The molecule has 204 valence electrons. The first kappa shape index (κ1) is 27.8. The van der Waals surface area contributed by atoms with Gasteiger partial charge >= 0.3 is 12.3 Å². The van der Waals surface area contributed by atoms with Gasteiger partial charge in [0.15, 0.2) is 5.16 Å². The van der Waals surface area contributed by atoms with Crippen molar-refractivity contribution in [3.63, 3.8) is 0 Å². The summed E-state index contributed by atoms with van der Waals surface area (Å²) in [6, 6.07) is 5.23. The zero-order chi connectivity index (χ0) is 27.7. The molecule has 1 fully saturated rings. The molecule has 12 heteroatoms. The van der Waals surface area contributed by atoms with Crippen LogP contribution in [0.4, 0.5) is 29.5 Å². The monoisotopic (exact) mass is 548 g/mol. The van der Waals surface area contributed by atoms with E-state index >= 15 is 0 Å². The smallest absolute Gasteiger partial charge is 0.418 e. The first-order valence-corrected chi connectivity index (χ1v) is 13.6. The number of fused-ring (bicyclic) bond motifs is 1. The quantitative estimate of drug-likeness (QED) is 0.298. The van der Waals surface area contributed by atoms with Gasteiger partial charge < -0.3 is 19.4 Å². The molecule has 1 unspecified atom stereocenters. The number of alkyl halides is 3. The standard InChI is InChI=1S/C26H31F3N6O2S/c1-25(2,3)37-24(36)35-13-12-34(15-17(35)14-30-4)22-18-10-11-33(16-20(18)31-23(32-22)38-5)21-9-7-6-8-19(21)26(27,28)29/h6-9,17H,10-16H2,1-3,5H3. The van der Waals surface area contributed by atoms with E-state index in [1.165, 1.54) is 23.9 Å². The van der Waals surface area contributed by atoms with Crippen molar-refractivity contribution < 1.29 is 22.7 Å². The van der Waals surface area contributed by atoms with E-state index in [-0.39, 0.29) is 24.8 Å². The number of thioether (sulfide) groups is 1. The van der Waals surface area contributed by atoms with Gasteiger partial charge in [0.2, 0.25) is 6.54 Å². The van der Waals surface area contributed by atoms with Crippen molar-refractivity contribution >= 4 is 29.4 Å². The number of piperazine rings is 1. The lowest BCUT2D eigenvalue weighted by Crippen LogP contribution is -2.57. The molecule has 1 saturated heterocycles. The lowest BCUT2D eigenvalue weighted by atomic mass is 10.0. The summed E-state index contributed by atoms with van der Waals surface area (Å²) in [5.74, 6) is 0.724. The molecule has 0 N–H and O–H groups in total. The van der Waals surface area contributed by atoms with Crippen LogP contribution in [0, 0.1) is 6.57 Å². The SMILES string of the molecule is [C-]#[N+]CC1CN(c2nc(SC)nc3c2CCN(c2ccccc2C(F)(F)F)C3)CCN1C(=O)OC(C)(C)C.